The van der Waals surface area contributed by atoms with Crippen molar-refractivity contribution >= 4 is 17.3 Å². The van der Waals surface area contributed by atoms with Gasteiger partial charge in [-0.05, 0) is 80.5 Å². The fourth-order valence-corrected chi connectivity index (χ4v) is 8.19. The zero-order chi connectivity index (χ0) is 27.7. The van der Waals surface area contributed by atoms with Crippen molar-refractivity contribution in [2.24, 2.45) is 23.2 Å². The molecule has 1 unspecified atom stereocenters. The first-order chi connectivity index (χ1) is 18.5. The molecule has 10 atom stereocenters. The van der Waals surface area contributed by atoms with Crippen molar-refractivity contribution in [3.05, 3.63) is 48.1 Å². The topological polar surface area (TPSA) is 108 Å². The molecular weight excluding hydrogens is 508 g/mol. The van der Waals surface area contributed by atoms with Crippen LogP contribution in [-0.2, 0) is 19.1 Å². The summed E-state index contributed by atoms with van der Waals surface area (Å²) in [4.78, 5) is 26.0. The standard InChI is InChI=1S/C30H35F2NO6/c1-3-4-27-38-26-12-19-20(29(26,39-27)25(36)15-37-18-7-5-16(33)6-8-18)14-24(35)30(32)21(19)13-23(31)22-11-17(34)9-10-28(22,30)2/h5-11,19-21,23-24,26-27,35H,3-4,12-15,33H2,1-2H3/t19-,20?,21+,23+,24+,26-,27+,28+,29-,30+/m1/s1. The van der Waals surface area contributed by atoms with Crippen molar-refractivity contribution in [1.82, 2.24) is 0 Å². The third-order valence-electron chi connectivity index (χ3n) is 9.98. The Kier molecular flexibility index (Phi) is 6.28. The Morgan fingerprint density at radius 3 is 2.67 bits per heavy atom. The summed E-state index contributed by atoms with van der Waals surface area (Å²) in [5.41, 5.74) is 1.26. The van der Waals surface area contributed by atoms with Crippen LogP contribution in [0.1, 0.15) is 46.0 Å². The second kappa shape index (κ2) is 9.21. The normalized spacial score (nSPS) is 44.2. The first kappa shape index (κ1) is 26.6. The van der Waals surface area contributed by atoms with Crippen LogP contribution in [0.25, 0.3) is 0 Å². The number of rotatable bonds is 6. The first-order valence-corrected chi connectivity index (χ1v) is 13.9. The number of ether oxygens (including phenoxy) is 3. The van der Waals surface area contributed by atoms with Crippen LogP contribution in [0, 0.1) is 23.2 Å². The Labute approximate surface area is 226 Å². The van der Waals surface area contributed by atoms with E-state index in [9.17, 15) is 14.7 Å². The average molecular weight is 544 g/mol. The molecule has 4 fully saturated rings. The largest absolute Gasteiger partial charge is 0.486 e. The Hall–Kier alpha value is -2.62. The summed E-state index contributed by atoms with van der Waals surface area (Å²) < 4.78 is 51.5. The number of allylic oxidation sites excluding steroid dienone is 4. The van der Waals surface area contributed by atoms with E-state index in [-0.39, 0.29) is 36.6 Å². The van der Waals surface area contributed by atoms with Gasteiger partial charge in [-0.25, -0.2) is 8.78 Å². The lowest BCUT2D eigenvalue weighted by Crippen LogP contribution is -2.68. The fourth-order valence-electron chi connectivity index (χ4n) is 8.19. The third kappa shape index (κ3) is 3.69. The molecule has 3 saturated carbocycles. The molecule has 6 rings (SSSR count). The lowest BCUT2D eigenvalue weighted by molar-refractivity contribution is -0.207. The van der Waals surface area contributed by atoms with Crippen LogP contribution in [0.4, 0.5) is 14.5 Å². The van der Waals surface area contributed by atoms with Crippen molar-refractivity contribution in [3.8, 4) is 5.75 Å². The average Bonchev–Trinajstić information content (AvgIpc) is 3.40. The number of halogens is 2. The molecule has 5 aliphatic rings. The maximum atomic E-state index is 17.3. The molecule has 9 heteroatoms. The van der Waals surface area contributed by atoms with E-state index in [1.807, 2.05) is 6.92 Å². The number of ketones is 2. The molecule has 0 bridgehead atoms. The van der Waals surface area contributed by atoms with Crippen molar-refractivity contribution in [1.29, 1.82) is 0 Å². The summed E-state index contributed by atoms with van der Waals surface area (Å²) in [5, 5.41) is 11.5. The second-order valence-electron chi connectivity index (χ2n) is 11.9. The Morgan fingerprint density at radius 2 is 1.95 bits per heavy atom. The van der Waals surface area contributed by atoms with Crippen molar-refractivity contribution in [2.75, 3.05) is 12.3 Å². The van der Waals surface area contributed by atoms with Gasteiger partial charge in [0.2, 0.25) is 5.78 Å². The number of hydrogen-bond donors (Lipinski definition) is 2. The molecule has 0 spiro atoms. The Balaban J connectivity index is 1.35. The highest BCUT2D eigenvalue weighted by atomic mass is 19.1. The molecule has 7 nitrogen and oxygen atoms in total. The van der Waals surface area contributed by atoms with Gasteiger partial charge in [0.15, 0.2) is 23.3 Å². The second-order valence-corrected chi connectivity index (χ2v) is 11.9. The molecule has 1 aromatic carbocycles. The van der Waals surface area contributed by atoms with Gasteiger partial charge in [0.25, 0.3) is 0 Å². The summed E-state index contributed by atoms with van der Waals surface area (Å²) >= 11 is 0. The highest BCUT2D eigenvalue weighted by Gasteiger charge is 2.75. The van der Waals surface area contributed by atoms with Crippen molar-refractivity contribution in [2.45, 2.75) is 81.9 Å². The number of carbonyl (C=O) groups excluding carboxylic acids is 2. The van der Waals surface area contributed by atoms with Gasteiger partial charge >= 0.3 is 0 Å². The number of Topliss-reactive ketones (excluding diaryl/α,β-unsaturated/α-hetero) is 1. The number of nitrogen functional groups attached to an aromatic ring is 1. The van der Waals surface area contributed by atoms with Gasteiger partial charge in [0, 0.05) is 22.9 Å². The SMILES string of the molecule is CCC[C@H]1O[C@@H]2C[C@@H]3C(C[C@H](O)[C@@]4(F)[C@H]3C[C@H](F)C3=CC(=O)C=C[C@@]34C)[C@]2(C(=O)COc2ccc(N)cc2)O1. The quantitative estimate of drug-likeness (QED) is 0.522. The molecule has 0 amide bonds. The van der Waals surface area contributed by atoms with Gasteiger partial charge in [0.05, 0.1) is 12.2 Å². The van der Waals surface area contributed by atoms with E-state index in [4.69, 9.17) is 19.9 Å². The lowest BCUT2D eigenvalue weighted by Gasteiger charge is -2.60. The summed E-state index contributed by atoms with van der Waals surface area (Å²) in [6.07, 6.45) is 0.964. The van der Waals surface area contributed by atoms with Gasteiger partial charge in [0.1, 0.15) is 18.5 Å². The number of nitrogens with two attached hydrogens (primary N) is 1. The molecule has 210 valence electrons. The van der Waals surface area contributed by atoms with E-state index in [0.717, 1.165) is 6.42 Å². The number of benzene rings is 1. The van der Waals surface area contributed by atoms with Crippen LogP contribution < -0.4 is 10.5 Å². The van der Waals surface area contributed by atoms with Gasteiger partial charge in [-0.1, -0.05) is 19.4 Å². The monoisotopic (exact) mass is 543 g/mol. The maximum absolute atomic E-state index is 17.3. The fraction of sp³-hybridized carbons (Fsp3) is 0.600. The number of anilines is 1. The Morgan fingerprint density at radius 1 is 1.21 bits per heavy atom. The van der Waals surface area contributed by atoms with Crippen LogP contribution in [-0.4, -0.2) is 59.2 Å². The van der Waals surface area contributed by atoms with Gasteiger partial charge in [-0.2, -0.15) is 0 Å². The molecular formula is C30H35F2NO6. The minimum absolute atomic E-state index is 0.0500. The minimum atomic E-state index is -2.22. The molecule has 4 aliphatic carbocycles. The zero-order valence-electron chi connectivity index (χ0n) is 22.1. The van der Waals surface area contributed by atoms with E-state index >= 15 is 8.78 Å². The smallest absolute Gasteiger partial charge is 0.204 e. The van der Waals surface area contributed by atoms with Crippen LogP contribution >= 0.6 is 0 Å². The van der Waals surface area contributed by atoms with Crippen molar-refractivity contribution < 1.29 is 37.7 Å². The van der Waals surface area contributed by atoms with Crippen molar-refractivity contribution in [3.63, 3.8) is 0 Å². The molecule has 1 aliphatic heterocycles. The minimum Gasteiger partial charge on any atom is -0.486 e. The lowest BCUT2D eigenvalue weighted by atomic mass is 9.47. The van der Waals surface area contributed by atoms with Crippen LogP contribution in [0.2, 0.25) is 0 Å². The van der Waals surface area contributed by atoms with E-state index in [1.165, 1.54) is 18.2 Å². The van der Waals surface area contributed by atoms with E-state index in [2.05, 4.69) is 0 Å². The highest BCUT2D eigenvalue weighted by Crippen LogP contribution is 2.68. The third-order valence-corrected chi connectivity index (χ3v) is 9.98. The molecule has 1 saturated heterocycles. The van der Waals surface area contributed by atoms with Gasteiger partial charge < -0.3 is 25.1 Å². The predicted molar refractivity (Wildman–Crippen MR) is 138 cm³/mol. The molecule has 0 radical (unpaired) electrons. The summed E-state index contributed by atoms with van der Waals surface area (Å²) in [7, 11) is 0. The Bertz CT molecular complexity index is 1230. The predicted octanol–water partition coefficient (Wildman–Crippen LogP) is 4.04. The van der Waals surface area contributed by atoms with E-state index in [1.54, 1.807) is 31.2 Å². The molecule has 1 heterocycles. The first-order valence-electron chi connectivity index (χ1n) is 13.9. The van der Waals surface area contributed by atoms with E-state index < -0.39 is 59.1 Å². The summed E-state index contributed by atoms with van der Waals surface area (Å²) in [6, 6.07) is 6.68. The number of aliphatic hydroxyl groups excluding tert-OH is 1. The summed E-state index contributed by atoms with van der Waals surface area (Å²) in [6.45, 7) is 3.25. The maximum Gasteiger partial charge on any atom is 0.204 e. The number of hydrogen-bond acceptors (Lipinski definition) is 7. The molecule has 1 aromatic rings. The van der Waals surface area contributed by atoms with Crippen LogP contribution in [0.3, 0.4) is 0 Å². The number of carbonyl (C=O) groups is 2. The number of alkyl halides is 2. The van der Waals surface area contributed by atoms with Gasteiger partial charge in [-0.3, -0.25) is 9.59 Å². The number of fused-ring (bicyclic) bond motifs is 7. The highest BCUT2D eigenvalue weighted by molar-refractivity contribution is 6.01. The van der Waals surface area contributed by atoms with Crippen LogP contribution in [0.5, 0.6) is 5.75 Å². The van der Waals surface area contributed by atoms with Crippen LogP contribution in [0.15, 0.2) is 48.1 Å². The molecule has 0 aromatic heterocycles. The molecule has 3 N–H and O–H groups in total. The summed E-state index contributed by atoms with van der Waals surface area (Å²) in [5.74, 6) is -2.20. The number of aliphatic hydroxyl groups is 1. The zero-order valence-corrected chi connectivity index (χ0v) is 22.1. The van der Waals surface area contributed by atoms with Gasteiger partial charge in [-0.15, -0.1) is 0 Å². The van der Waals surface area contributed by atoms with E-state index in [0.29, 0.717) is 24.3 Å². The molecule has 39 heavy (non-hydrogen) atoms.